The van der Waals surface area contributed by atoms with Gasteiger partial charge in [0, 0.05) is 36.5 Å². The molecule has 21 heavy (non-hydrogen) atoms. The third-order valence-electron chi connectivity index (χ3n) is 3.51. The minimum Gasteiger partial charge on any atom is -0.497 e. The highest BCUT2D eigenvalue weighted by Gasteiger charge is 2.24. The molecule has 1 heterocycles. The Morgan fingerprint density at radius 2 is 2.05 bits per heavy atom. The zero-order valence-corrected chi connectivity index (χ0v) is 12.2. The summed E-state index contributed by atoms with van der Waals surface area (Å²) in [6, 6.07) is 9.06. The fraction of sp³-hybridized carbons (Fsp3) is 0.312. The summed E-state index contributed by atoms with van der Waals surface area (Å²) in [5, 5.41) is 10.7. The largest absolute Gasteiger partial charge is 0.497 e. The van der Waals surface area contributed by atoms with Gasteiger partial charge < -0.3 is 20.3 Å². The molecular weight excluding hydrogens is 268 g/mol. The third-order valence-corrected chi connectivity index (χ3v) is 3.51. The Kier molecular flexibility index (Phi) is 5.14. The summed E-state index contributed by atoms with van der Waals surface area (Å²) in [6.45, 7) is 0.308. The molecule has 5 nitrogen and oxygen atoms in total. The standard InChI is InChI=1S/C16H20N2O3/c1-20-12-5-6-13(15(8-12)21-2)16(19)14(9-17)11-4-3-7-18-10-11/h3-8,10,14,16,19H,9,17H2,1-2H3. The molecule has 2 atom stereocenters. The molecule has 0 aliphatic rings. The normalized spacial score (nSPS) is 13.5. The highest BCUT2D eigenvalue weighted by molar-refractivity contribution is 5.43. The molecule has 5 heteroatoms. The Bertz CT molecular complexity index is 575. The van der Waals surface area contributed by atoms with Crippen LogP contribution in [0.3, 0.4) is 0 Å². The molecule has 2 aromatic rings. The molecular formula is C16H20N2O3. The first-order valence-electron chi connectivity index (χ1n) is 6.71. The molecule has 0 radical (unpaired) electrons. The van der Waals surface area contributed by atoms with Gasteiger partial charge in [0.1, 0.15) is 11.5 Å². The lowest BCUT2D eigenvalue weighted by molar-refractivity contribution is 0.143. The van der Waals surface area contributed by atoms with Crippen molar-refractivity contribution in [2.24, 2.45) is 5.73 Å². The van der Waals surface area contributed by atoms with Crippen molar-refractivity contribution in [1.82, 2.24) is 4.98 Å². The zero-order valence-electron chi connectivity index (χ0n) is 12.2. The van der Waals surface area contributed by atoms with Crippen LogP contribution in [-0.2, 0) is 0 Å². The molecule has 3 N–H and O–H groups in total. The van der Waals surface area contributed by atoms with E-state index >= 15 is 0 Å². The van der Waals surface area contributed by atoms with E-state index in [4.69, 9.17) is 15.2 Å². The molecule has 0 aliphatic heterocycles. The maximum absolute atomic E-state index is 10.7. The van der Waals surface area contributed by atoms with Crippen LogP contribution in [0.15, 0.2) is 42.7 Å². The number of nitrogens with two attached hydrogens (primary N) is 1. The molecule has 0 amide bonds. The highest BCUT2D eigenvalue weighted by atomic mass is 16.5. The van der Waals surface area contributed by atoms with Gasteiger partial charge in [0.15, 0.2) is 0 Å². The summed E-state index contributed by atoms with van der Waals surface area (Å²) < 4.78 is 10.5. The lowest BCUT2D eigenvalue weighted by Crippen LogP contribution is -2.20. The predicted octanol–water partition coefficient (Wildman–Crippen LogP) is 1.87. The van der Waals surface area contributed by atoms with Crippen LogP contribution in [0, 0.1) is 0 Å². The summed E-state index contributed by atoms with van der Waals surface area (Å²) in [4.78, 5) is 4.08. The van der Waals surface area contributed by atoms with Gasteiger partial charge in [-0.15, -0.1) is 0 Å². The molecule has 2 rings (SSSR count). The van der Waals surface area contributed by atoms with Gasteiger partial charge in [-0.3, -0.25) is 4.98 Å². The second kappa shape index (κ2) is 7.06. The van der Waals surface area contributed by atoms with Crippen molar-refractivity contribution >= 4 is 0 Å². The zero-order chi connectivity index (χ0) is 15.2. The maximum Gasteiger partial charge on any atom is 0.128 e. The van der Waals surface area contributed by atoms with E-state index in [0.717, 1.165) is 5.56 Å². The van der Waals surface area contributed by atoms with Crippen molar-refractivity contribution in [1.29, 1.82) is 0 Å². The van der Waals surface area contributed by atoms with Gasteiger partial charge in [0.25, 0.3) is 0 Å². The summed E-state index contributed by atoms with van der Waals surface area (Å²) in [5.41, 5.74) is 7.41. The van der Waals surface area contributed by atoms with Gasteiger partial charge in [-0.2, -0.15) is 0 Å². The van der Waals surface area contributed by atoms with Crippen LogP contribution in [0.5, 0.6) is 11.5 Å². The monoisotopic (exact) mass is 288 g/mol. The molecule has 1 aromatic heterocycles. The molecule has 0 aliphatic carbocycles. The van der Waals surface area contributed by atoms with E-state index in [0.29, 0.717) is 23.6 Å². The number of pyridine rings is 1. The van der Waals surface area contributed by atoms with Gasteiger partial charge in [-0.25, -0.2) is 0 Å². The molecule has 0 fully saturated rings. The number of hydrogen-bond donors (Lipinski definition) is 2. The lowest BCUT2D eigenvalue weighted by atomic mass is 9.89. The fourth-order valence-corrected chi connectivity index (χ4v) is 2.32. The minimum atomic E-state index is -0.778. The van der Waals surface area contributed by atoms with Crippen LogP contribution in [0.25, 0.3) is 0 Å². The van der Waals surface area contributed by atoms with Crippen LogP contribution in [0.1, 0.15) is 23.1 Å². The van der Waals surface area contributed by atoms with Crippen molar-refractivity contribution in [3.63, 3.8) is 0 Å². The summed E-state index contributed by atoms with van der Waals surface area (Å²) in [7, 11) is 3.15. The first-order chi connectivity index (χ1) is 10.2. The van der Waals surface area contributed by atoms with E-state index in [1.165, 1.54) is 0 Å². The van der Waals surface area contributed by atoms with E-state index < -0.39 is 6.10 Å². The minimum absolute atomic E-state index is 0.249. The summed E-state index contributed by atoms with van der Waals surface area (Å²) >= 11 is 0. The number of benzene rings is 1. The van der Waals surface area contributed by atoms with Crippen LogP contribution in [0.2, 0.25) is 0 Å². The summed E-state index contributed by atoms with van der Waals surface area (Å²) in [6.07, 6.45) is 2.63. The van der Waals surface area contributed by atoms with Crippen molar-refractivity contribution in [3.05, 3.63) is 53.9 Å². The van der Waals surface area contributed by atoms with Crippen LogP contribution >= 0.6 is 0 Å². The smallest absolute Gasteiger partial charge is 0.128 e. The van der Waals surface area contributed by atoms with Crippen molar-refractivity contribution in [2.45, 2.75) is 12.0 Å². The number of aliphatic hydroxyl groups excluding tert-OH is 1. The van der Waals surface area contributed by atoms with Crippen molar-refractivity contribution in [2.75, 3.05) is 20.8 Å². The molecule has 0 bridgehead atoms. The molecule has 112 valence electrons. The lowest BCUT2D eigenvalue weighted by Gasteiger charge is -2.23. The number of aliphatic hydroxyl groups is 1. The van der Waals surface area contributed by atoms with E-state index in [9.17, 15) is 5.11 Å². The first kappa shape index (κ1) is 15.3. The van der Waals surface area contributed by atoms with Gasteiger partial charge in [-0.05, 0) is 23.8 Å². The average Bonchev–Trinajstić information content (AvgIpc) is 2.55. The van der Waals surface area contributed by atoms with Gasteiger partial charge in [0.05, 0.1) is 20.3 Å². The quantitative estimate of drug-likeness (QED) is 0.848. The Hall–Kier alpha value is -2.11. The van der Waals surface area contributed by atoms with E-state index in [2.05, 4.69) is 4.98 Å². The molecule has 1 aromatic carbocycles. The van der Waals surface area contributed by atoms with E-state index in [-0.39, 0.29) is 5.92 Å². The number of rotatable bonds is 6. The van der Waals surface area contributed by atoms with E-state index in [1.807, 2.05) is 12.1 Å². The topological polar surface area (TPSA) is 77.6 Å². The second-order valence-corrected chi connectivity index (χ2v) is 4.68. The molecule has 0 saturated carbocycles. The second-order valence-electron chi connectivity index (χ2n) is 4.68. The highest BCUT2D eigenvalue weighted by Crippen LogP contribution is 2.36. The van der Waals surface area contributed by atoms with Crippen LogP contribution in [-0.4, -0.2) is 30.9 Å². The van der Waals surface area contributed by atoms with Crippen LogP contribution in [0.4, 0.5) is 0 Å². The van der Waals surface area contributed by atoms with E-state index in [1.54, 1.807) is 44.8 Å². The Labute approximate surface area is 124 Å². The third kappa shape index (κ3) is 3.32. The molecule has 0 saturated heterocycles. The molecule has 2 unspecified atom stereocenters. The van der Waals surface area contributed by atoms with Crippen molar-refractivity contribution in [3.8, 4) is 11.5 Å². The number of methoxy groups -OCH3 is 2. The molecule has 0 spiro atoms. The number of ether oxygens (including phenoxy) is 2. The Morgan fingerprint density at radius 3 is 2.62 bits per heavy atom. The van der Waals surface area contributed by atoms with Crippen molar-refractivity contribution < 1.29 is 14.6 Å². The fourth-order valence-electron chi connectivity index (χ4n) is 2.32. The van der Waals surface area contributed by atoms with Crippen LogP contribution < -0.4 is 15.2 Å². The number of hydrogen-bond acceptors (Lipinski definition) is 5. The average molecular weight is 288 g/mol. The van der Waals surface area contributed by atoms with Gasteiger partial charge in [-0.1, -0.05) is 6.07 Å². The summed E-state index contributed by atoms with van der Waals surface area (Å²) in [5.74, 6) is 0.999. The first-order valence-corrected chi connectivity index (χ1v) is 6.71. The Morgan fingerprint density at radius 1 is 1.24 bits per heavy atom. The Balaban J connectivity index is 2.35. The number of nitrogens with zero attached hydrogens (tertiary/aromatic N) is 1. The number of aromatic nitrogens is 1. The van der Waals surface area contributed by atoms with Gasteiger partial charge >= 0.3 is 0 Å². The van der Waals surface area contributed by atoms with Gasteiger partial charge in [0.2, 0.25) is 0 Å². The maximum atomic E-state index is 10.7. The predicted molar refractivity (Wildman–Crippen MR) is 80.5 cm³/mol. The SMILES string of the molecule is COc1ccc(C(O)C(CN)c2cccnc2)c(OC)c1.